The summed E-state index contributed by atoms with van der Waals surface area (Å²) in [5, 5.41) is 0. The predicted molar refractivity (Wildman–Crippen MR) is 66.4 cm³/mol. The number of fused-ring (bicyclic) bond motifs is 2. The molecule has 0 spiro atoms. The summed E-state index contributed by atoms with van der Waals surface area (Å²) in [6, 6.07) is 3.85. The molecule has 2 rings (SSSR count). The molecule has 0 saturated heterocycles. The zero-order chi connectivity index (χ0) is 13.5. The molecule has 1 aliphatic heterocycles. The minimum atomic E-state index is -0.535. The lowest BCUT2D eigenvalue weighted by atomic mass is 10.2. The van der Waals surface area contributed by atoms with Crippen LogP contribution in [0.2, 0.25) is 0 Å². The van der Waals surface area contributed by atoms with Crippen LogP contribution >= 0.6 is 0 Å². The van der Waals surface area contributed by atoms with Gasteiger partial charge in [0.05, 0.1) is 13.2 Å². The summed E-state index contributed by atoms with van der Waals surface area (Å²) in [6.45, 7) is 0.600. The van der Waals surface area contributed by atoms with Gasteiger partial charge in [-0.15, -0.1) is 0 Å². The summed E-state index contributed by atoms with van der Waals surface area (Å²) in [5.41, 5.74) is 0. The number of carbonyl (C=O) groups is 2. The lowest BCUT2D eigenvalue weighted by Gasteiger charge is -2.00. The van der Waals surface area contributed by atoms with E-state index >= 15 is 0 Å². The lowest BCUT2D eigenvalue weighted by molar-refractivity contribution is -0.140. The lowest BCUT2D eigenvalue weighted by Crippen LogP contribution is -2.06. The maximum absolute atomic E-state index is 11.3. The van der Waals surface area contributed by atoms with Crippen molar-refractivity contribution in [3.05, 3.63) is 35.8 Å². The fourth-order valence-electron chi connectivity index (χ4n) is 1.76. The molecule has 2 heterocycles. The van der Waals surface area contributed by atoms with Gasteiger partial charge in [0.15, 0.2) is 0 Å². The average Bonchev–Trinajstić information content (AvgIpc) is 2.84. The van der Waals surface area contributed by atoms with Gasteiger partial charge in [0.1, 0.15) is 11.5 Å². The molecule has 0 aliphatic carbocycles. The smallest absolute Gasteiger partial charge is 0.331 e. The number of hydrogen-bond acceptors (Lipinski definition) is 5. The third-order valence-electron chi connectivity index (χ3n) is 2.70. The molecule has 0 radical (unpaired) electrons. The van der Waals surface area contributed by atoms with E-state index in [1.807, 2.05) is 12.1 Å². The Balaban J connectivity index is 1.96. The monoisotopic (exact) mass is 264 g/mol. The Morgan fingerprint density at radius 1 is 0.789 bits per heavy atom. The van der Waals surface area contributed by atoms with Crippen molar-refractivity contribution in [1.82, 2.24) is 0 Å². The summed E-state index contributed by atoms with van der Waals surface area (Å²) in [4.78, 5) is 22.5. The quantitative estimate of drug-likeness (QED) is 0.668. The molecule has 0 N–H and O–H groups in total. The van der Waals surface area contributed by atoms with E-state index in [-0.39, 0.29) is 0 Å². The summed E-state index contributed by atoms with van der Waals surface area (Å²) >= 11 is 0. The van der Waals surface area contributed by atoms with Gasteiger partial charge in [0.25, 0.3) is 0 Å². The van der Waals surface area contributed by atoms with Crippen molar-refractivity contribution >= 4 is 11.9 Å². The zero-order valence-electron chi connectivity index (χ0n) is 10.6. The van der Waals surface area contributed by atoms with E-state index in [4.69, 9.17) is 13.9 Å². The number of aryl methyl sites for hydroxylation is 2. The highest BCUT2D eigenvalue weighted by molar-refractivity contribution is 5.91. The van der Waals surface area contributed by atoms with Crippen LogP contribution in [-0.2, 0) is 31.9 Å². The maximum atomic E-state index is 11.3. The summed E-state index contributed by atoms with van der Waals surface area (Å²) < 4.78 is 15.5. The molecule has 102 valence electrons. The van der Waals surface area contributed by atoms with Gasteiger partial charge in [-0.05, 0) is 25.0 Å². The minimum absolute atomic E-state index is 0.300. The third-order valence-corrected chi connectivity index (χ3v) is 2.70. The van der Waals surface area contributed by atoms with Crippen LogP contribution in [0.15, 0.2) is 28.7 Å². The molecule has 0 amide bonds. The standard InChI is InChI=1S/C14H16O5/c15-13-7-8-14(16)18-10-2-4-12-6-5-11(19-12)3-1-9-17-13/h5-8H,1-4,9-10H2/b8-7+. The third kappa shape index (κ3) is 4.62. The van der Waals surface area contributed by atoms with Crippen molar-refractivity contribution < 1.29 is 23.5 Å². The van der Waals surface area contributed by atoms with Crippen LogP contribution in [0.3, 0.4) is 0 Å². The Hall–Kier alpha value is -2.04. The summed E-state index contributed by atoms with van der Waals surface area (Å²) in [7, 11) is 0. The molecular formula is C14H16O5. The molecule has 2 bridgehead atoms. The number of ether oxygens (including phenoxy) is 2. The van der Waals surface area contributed by atoms with E-state index in [2.05, 4.69) is 0 Å². The van der Waals surface area contributed by atoms with Crippen LogP contribution in [0.4, 0.5) is 0 Å². The van der Waals surface area contributed by atoms with Gasteiger partial charge in [-0.1, -0.05) is 0 Å². The number of cyclic esters (lactones) is 2. The normalized spacial score (nSPS) is 19.8. The molecular weight excluding hydrogens is 248 g/mol. The SMILES string of the molecule is O=C1/C=C/C(=O)OCCCc2ccc(o2)CCCO1. The van der Waals surface area contributed by atoms with Crippen molar-refractivity contribution in [2.75, 3.05) is 13.2 Å². The van der Waals surface area contributed by atoms with Crippen molar-refractivity contribution in [2.45, 2.75) is 25.7 Å². The van der Waals surface area contributed by atoms with Gasteiger partial charge in [0.2, 0.25) is 0 Å². The Kier molecular flexibility index (Phi) is 4.78. The van der Waals surface area contributed by atoms with E-state index in [0.717, 1.165) is 36.5 Å². The number of furan rings is 1. The van der Waals surface area contributed by atoms with Crippen LogP contribution in [0.25, 0.3) is 0 Å². The van der Waals surface area contributed by atoms with Gasteiger partial charge in [-0.2, -0.15) is 0 Å². The highest BCUT2D eigenvalue weighted by atomic mass is 16.5. The first kappa shape index (κ1) is 13.4. The first-order chi connectivity index (χ1) is 9.24. The molecule has 0 atom stereocenters. The first-order valence-electron chi connectivity index (χ1n) is 6.33. The van der Waals surface area contributed by atoms with Crippen LogP contribution < -0.4 is 0 Å². The van der Waals surface area contributed by atoms with Gasteiger partial charge >= 0.3 is 11.9 Å². The van der Waals surface area contributed by atoms with E-state index in [0.29, 0.717) is 26.1 Å². The van der Waals surface area contributed by atoms with Crippen LogP contribution in [0.5, 0.6) is 0 Å². The number of rotatable bonds is 0. The van der Waals surface area contributed by atoms with Crippen LogP contribution in [0, 0.1) is 0 Å². The highest BCUT2D eigenvalue weighted by Gasteiger charge is 2.06. The molecule has 5 nitrogen and oxygen atoms in total. The van der Waals surface area contributed by atoms with Crippen molar-refractivity contribution in [1.29, 1.82) is 0 Å². The number of hydrogen-bond donors (Lipinski definition) is 0. The fraction of sp³-hybridized carbons (Fsp3) is 0.429. The number of carbonyl (C=O) groups excluding carboxylic acids is 2. The molecule has 0 saturated carbocycles. The van der Waals surface area contributed by atoms with Gasteiger partial charge in [0, 0.05) is 25.0 Å². The minimum Gasteiger partial charge on any atom is -0.466 e. The maximum Gasteiger partial charge on any atom is 0.331 e. The Labute approximate surface area is 111 Å². The van der Waals surface area contributed by atoms with Crippen molar-refractivity contribution in [3.63, 3.8) is 0 Å². The van der Waals surface area contributed by atoms with Crippen molar-refractivity contribution in [3.8, 4) is 0 Å². The van der Waals surface area contributed by atoms with Gasteiger partial charge in [-0.3, -0.25) is 0 Å². The largest absolute Gasteiger partial charge is 0.466 e. The Morgan fingerprint density at radius 3 is 1.74 bits per heavy atom. The van der Waals surface area contributed by atoms with Crippen molar-refractivity contribution in [2.24, 2.45) is 0 Å². The summed E-state index contributed by atoms with van der Waals surface area (Å²) in [6.07, 6.45) is 5.02. The predicted octanol–water partition coefficient (Wildman–Crippen LogP) is 1.80. The average molecular weight is 264 g/mol. The molecule has 1 aromatic heterocycles. The van der Waals surface area contributed by atoms with Gasteiger partial charge in [-0.25, -0.2) is 9.59 Å². The Morgan fingerprint density at radius 2 is 1.26 bits per heavy atom. The zero-order valence-corrected chi connectivity index (χ0v) is 10.6. The Bertz CT molecular complexity index is 431. The molecule has 5 heteroatoms. The topological polar surface area (TPSA) is 65.7 Å². The van der Waals surface area contributed by atoms with E-state index in [9.17, 15) is 9.59 Å². The van der Waals surface area contributed by atoms with E-state index in [1.165, 1.54) is 0 Å². The molecule has 0 unspecified atom stereocenters. The second-order valence-corrected chi connectivity index (χ2v) is 4.24. The molecule has 19 heavy (non-hydrogen) atoms. The summed E-state index contributed by atoms with van der Waals surface area (Å²) in [5.74, 6) is 0.695. The second-order valence-electron chi connectivity index (χ2n) is 4.24. The molecule has 0 fully saturated rings. The van der Waals surface area contributed by atoms with Crippen LogP contribution in [-0.4, -0.2) is 25.2 Å². The first-order valence-corrected chi connectivity index (χ1v) is 6.33. The second kappa shape index (κ2) is 6.78. The van der Waals surface area contributed by atoms with Crippen LogP contribution in [0.1, 0.15) is 24.4 Å². The number of esters is 2. The fourth-order valence-corrected chi connectivity index (χ4v) is 1.76. The van der Waals surface area contributed by atoms with E-state index < -0.39 is 11.9 Å². The molecule has 0 aromatic carbocycles. The van der Waals surface area contributed by atoms with E-state index in [1.54, 1.807) is 0 Å². The highest BCUT2D eigenvalue weighted by Crippen LogP contribution is 2.12. The molecule has 1 aromatic rings. The van der Waals surface area contributed by atoms with Gasteiger partial charge < -0.3 is 13.9 Å². The molecule has 1 aliphatic rings.